The van der Waals surface area contributed by atoms with Gasteiger partial charge in [0.2, 0.25) is 0 Å². The summed E-state index contributed by atoms with van der Waals surface area (Å²) in [7, 11) is 1.34. The molecule has 9 nitrogen and oxygen atoms in total. The average molecular weight is 614 g/mol. The summed E-state index contributed by atoms with van der Waals surface area (Å²) >= 11 is 1.33. The molecule has 0 spiro atoms. The number of para-hydroxylation sites is 2. The number of fused-ring (bicyclic) bond motifs is 3. The number of hydrogen-bond donors (Lipinski definition) is 2. The Kier molecular flexibility index (Phi) is 8.05. The van der Waals surface area contributed by atoms with Gasteiger partial charge in [0.1, 0.15) is 17.3 Å². The molecule has 0 radical (unpaired) electrons. The first-order valence-electron chi connectivity index (χ1n) is 14.4. The number of carbonyl (C=O) groups excluding carboxylic acids is 3. The highest BCUT2D eigenvalue weighted by Crippen LogP contribution is 2.42. The molecule has 2 N–H and O–H groups in total. The third kappa shape index (κ3) is 5.62. The van der Waals surface area contributed by atoms with E-state index in [-0.39, 0.29) is 29.6 Å². The van der Waals surface area contributed by atoms with Crippen molar-refractivity contribution in [2.24, 2.45) is 0 Å². The molecule has 2 aliphatic heterocycles. The second-order valence-corrected chi connectivity index (χ2v) is 12.1. The Bertz CT molecular complexity index is 1740. The molecule has 0 saturated carbocycles. The normalized spacial score (nSPS) is 17.4. The van der Waals surface area contributed by atoms with Crippen LogP contribution in [0, 0.1) is 12.7 Å². The van der Waals surface area contributed by atoms with E-state index in [2.05, 4.69) is 22.5 Å². The van der Waals surface area contributed by atoms with Crippen molar-refractivity contribution in [2.45, 2.75) is 38.8 Å². The predicted molar refractivity (Wildman–Crippen MR) is 169 cm³/mol. The van der Waals surface area contributed by atoms with Gasteiger partial charge >= 0.3 is 6.09 Å². The second-order valence-electron chi connectivity index (χ2n) is 11.0. The van der Waals surface area contributed by atoms with Crippen molar-refractivity contribution in [3.63, 3.8) is 0 Å². The predicted octanol–water partition coefficient (Wildman–Crippen LogP) is 6.04. The van der Waals surface area contributed by atoms with Crippen molar-refractivity contribution >= 4 is 46.4 Å². The van der Waals surface area contributed by atoms with Crippen LogP contribution in [-0.2, 0) is 11.2 Å². The number of amides is 3. The zero-order chi connectivity index (χ0) is 31.0. The van der Waals surface area contributed by atoms with Crippen molar-refractivity contribution < 1.29 is 23.5 Å². The van der Waals surface area contributed by atoms with E-state index in [0.29, 0.717) is 41.5 Å². The van der Waals surface area contributed by atoms with Gasteiger partial charge in [-0.2, -0.15) is 0 Å². The van der Waals surface area contributed by atoms with E-state index in [0.717, 1.165) is 28.1 Å². The van der Waals surface area contributed by atoms with Gasteiger partial charge in [0.25, 0.3) is 11.8 Å². The van der Waals surface area contributed by atoms with E-state index in [1.807, 2.05) is 42.5 Å². The van der Waals surface area contributed by atoms with Gasteiger partial charge in [0.15, 0.2) is 0 Å². The number of rotatable bonds is 5. The molecule has 2 aliphatic rings. The number of nitrogens with zero attached hydrogens (tertiary/aromatic N) is 3. The maximum Gasteiger partial charge on any atom is 0.407 e. The van der Waals surface area contributed by atoms with Gasteiger partial charge in [-0.1, -0.05) is 36.4 Å². The van der Waals surface area contributed by atoms with E-state index >= 15 is 0 Å². The van der Waals surface area contributed by atoms with Crippen LogP contribution in [0.15, 0.2) is 66.7 Å². The Morgan fingerprint density at radius 2 is 1.86 bits per heavy atom. The first kappa shape index (κ1) is 29.3. The molecule has 44 heavy (non-hydrogen) atoms. The van der Waals surface area contributed by atoms with E-state index < -0.39 is 11.9 Å². The molecule has 4 heterocycles. The van der Waals surface area contributed by atoms with Gasteiger partial charge in [0.05, 0.1) is 29.4 Å². The number of thiophene rings is 1. The molecule has 4 aromatic rings. The summed E-state index contributed by atoms with van der Waals surface area (Å²) in [4.78, 5) is 48.9. The number of halogens is 1. The fourth-order valence-corrected chi connectivity index (χ4v) is 7.04. The Morgan fingerprint density at radius 3 is 2.66 bits per heavy atom. The van der Waals surface area contributed by atoms with Crippen molar-refractivity contribution in [3.05, 3.63) is 94.2 Å². The standard InChI is InChI=1S/C33H32FN5O4S/c1-19-8-6-10-24(34)29(19)37-31(40)27-17-21-14-15-38(26-12-5-4-9-23(26)30(21)44-27)32(41)25-11-7-13-28(36-25)39-18-22(16-20(39)2)35-33(42)43-3/h4-13,17,20,22H,14-16,18H2,1-3H3,(H,35,42)(H,37,40)/t20-,22-/m0/s1. The minimum absolute atomic E-state index is 0.0854. The smallest absolute Gasteiger partial charge is 0.407 e. The number of nitrogens with one attached hydrogen (secondary N) is 2. The van der Waals surface area contributed by atoms with Crippen LogP contribution in [0.5, 0.6) is 0 Å². The first-order valence-corrected chi connectivity index (χ1v) is 15.2. The number of ether oxygens (including phenoxy) is 1. The fraction of sp³-hybridized carbons (Fsp3) is 0.273. The summed E-state index contributed by atoms with van der Waals surface area (Å²) in [5.41, 5.74) is 3.67. The number of anilines is 3. The maximum atomic E-state index is 14.4. The molecule has 226 valence electrons. The summed E-state index contributed by atoms with van der Waals surface area (Å²) in [6, 6.07) is 19.6. The number of aryl methyl sites for hydroxylation is 1. The van der Waals surface area contributed by atoms with Crippen molar-refractivity contribution in [1.29, 1.82) is 0 Å². The molecular weight excluding hydrogens is 581 g/mol. The van der Waals surface area contributed by atoms with E-state index in [1.54, 1.807) is 30.0 Å². The van der Waals surface area contributed by atoms with Crippen LogP contribution >= 0.6 is 11.3 Å². The highest BCUT2D eigenvalue weighted by molar-refractivity contribution is 7.17. The van der Waals surface area contributed by atoms with Gasteiger partial charge in [-0.3, -0.25) is 9.59 Å². The summed E-state index contributed by atoms with van der Waals surface area (Å²) in [5, 5.41) is 5.58. The fourth-order valence-electron chi connectivity index (χ4n) is 5.91. The highest BCUT2D eigenvalue weighted by atomic mass is 32.1. The summed E-state index contributed by atoms with van der Waals surface area (Å²) in [6.07, 6.45) is 0.792. The molecular formula is C33H32FN5O4S. The van der Waals surface area contributed by atoms with Gasteiger partial charge in [-0.25, -0.2) is 14.2 Å². The van der Waals surface area contributed by atoms with Crippen LogP contribution in [0.2, 0.25) is 0 Å². The van der Waals surface area contributed by atoms with Crippen LogP contribution in [0.1, 0.15) is 44.6 Å². The number of carbonyl (C=O) groups is 3. The zero-order valence-corrected chi connectivity index (χ0v) is 25.4. The van der Waals surface area contributed by atoms with Crippen molar-refractivity contribution in [3.8, 4) is 10.4 Å². The number of pyridine rings is 1. The molecule has 2 aromatic heterocycles. The Labute approximate surface area is 258 Å². The average Bonchev–Trinajstić information content (AvgIpc) is 3.58. The molecule has 3 amide bonds. The molecule has 0 aliphatic carbocycles. The number of aromatic nitrogens is 1. The van der Waals surface area contributed by atoms with E-state index in [1.165, 1.54) is 24.5 Å². The zero-order valence-electron chi connectivity index (χ0n) is 24.6. The molecule has 2 aromatic carbocycles. The second kappa shape index (κ2) is 12.1. The monoisotopic (exact) mass is 613 g/mol. The van der Waals surface area contributed by atoms with Crippen molar-refractivity contribution in [2.75, 3.05) is 35.3 Å². The number of methoxy groups -OCH3 is 1. The quantitative estimate of drug-likeness (QED) is 0.285. The molecule has 11 heteroatoms. The van der Waals surface area contributed by atoms with Crippen LogP contribution in [0.3, 0.4) is 0 Å². The molecule has 0 unspecified atom stereocenters. The van der Waals surface area contributed by atoms with Crippen LogP contribution in [0.25, 0.3) is 10.4 Å². The van der Waals surface area contributed by atoms with Crippen molar-refractivity contribution in [1.82, 2.24) is 10.3 Å². The SMILES string of the molecule is COC(=O)N[C@H]1C[C@H](C)N(c2cccc(C(=O)N3CCc4cc(C(=O)Nc5c(C)cccc5F)sc4-c4ccccc43)n2)C1. The van der Waals surface area contributed by atoms with Gasteiger partial charge in [-0.05, 0) is 68.1 Å². The summed E-state index contributed by atoms with van der Waals surface area (Å²) < 4.78 is 19.1. The summed E-state index contributed by atoms with van der Waals surface area (Å²) in [6.45, 7) is 4.76. The number of hydrogen-bond acceptors (Lipinski definition) is 7. The van der Waals surface area contributed by atoms with Gasteiger partial charge in [0, 0.05) is 29.6 Å². The molecule has 0 bridgehead atoms. The highest BCUT2D eigenvalue weighted by Gasteiger charge is 2.33. The lowest BCUT2D eigenvalue weighted by atomic mass is 10.1. The largest absolute Gasteiger partial charge is 0.453 e. The van der Waals surface area contributed by atoms with E-state index in [4.69, 9.17) is 9.72 Å². The van der Waals surface area contributed by atoms with E-state index in [9.17, 15) is 18.8 Å². The number of alkyl carbamates (subject to hydrolysis) is 1. The molecule has 6 rings (SSSR count). The number of benzene rings is 2. The lowest BCUT2D eigenvalue weighted by Crippen LogP contribution is -2.37. The van der Waals surface area contributed by atoms with Crippen LogP contribution in [-0.4, -0.2) is 55.2 Å². The Balaban J connectivity index is 1.25. The minimum Gasteiger partial charge on any atom is -0.453 e. The molecule has 1 saturated heterocycles. The van der Waals surface area contributed by atoms with Crippen LogP contribution < -0.4 is 20.4 Å². The summed E-state index contributed by atoms with van der Waals surface area (Å²) in [5.74, 6) is -0.410. The topological polar surface area (TPSA) is 104 Å². The van der Waals surface area contributed by atoms with Crippen LogP contribution in [0.4, 0.5) is 26.4 Å². The maximum absolute atomic E-state index is 14.4. The first-order chi connectivity index (χ1) is 21.2. The van der Waals surface area contributed by atoms with Gasteiger partial charge in [-0.15, -0.1) is 11.3 Å². The third-order valence-corrected chi connectivity index (χ3v) is 9.32. The lowest BCUT2D eigenvalue weighted by Gasteiger charge is -2.25. The molecule has 2 atom stereocenters. The molecule has 1 fully saturated rings. The minimum atomic E-state index is -0.481. The third-order valence-electron chi connectivity index (χ3n) is 8.11. The van der Waals surface area contributed by atoms with Gasteiger partial charge < -0.3 is 25.2 Å². The Hall–Kier alpha value is -4.77. The lowest BCUT2D eigenvalue weighted by molar-refractivity contribution is 0.0981. The Morgan fingerprint density at radius 1 is 1.07 bits per heavy atom.